The first-order valence-corrected chi connectivity index (χ1v) is 16.4. The molecular formula is C33H32F6N6O2S. The number of hydrogen-bond donors (Lipinski definition) is 1. The number of alkyl halides is 4. The molecule has 4 unspecified atom stereocenters. The van der Waals surface area contributed by atoms with E-state index in [1.165, 1.54) is 20.0 Å². The Kier molecular flexibility index (Phi) is 7.92. The summed E-state index contributed by atoms with van der Waals surface area (Å²) in [6.45, 7) is 5.97. The number of nitrogens with zero attached hydrogens (tertiary/aromatic N) is 5. The molecular weight excluding hydrogens is 658 g/mol. The van der Waals surface area contributed by atoms with Crippen LogP contribution in [0.3, 0.4) is 0 Å². The van der Waals surface area contributed by atoms with Gasteiger partial charge in [-0.25, -0.2) is 13.2 Å². The van der Waals surface area contributed by atoms with Crippen molar-refractivity contribution >= 4 is 43.1 Å². The van der Waals surface area contributed by atoms with Crippen molar-refractivity contribution in [2.45, 2.75) is 75.7 Å². The molecule has 2 N–H and O–H groups in total. The van der Waals surface area contributed by atoms with Gasteiger partial charge in [0, 0.05) is 35.5 Å². The number of halogens is 6. The molecule has 0 saturated carbocycles. The molecule has 4 fully saturated rings. The average molecular weight is 691 g/mol. The van der Waals surface area contributed by atoms with Gasteiger partial charge in [-0.2, -0.15) is 28.4 Å². The van der Waals surface area contributed by atoms with Gasteiger partial charge in [-0.15, -0.1) is 11.3 Å². The van der Waals surface area contributed by atoms with Crippen molar-refractivity contribution in [1.29, 1.82) is 5.26 Å². The Labute approximate surface area is 276 Å². The van der Waals surface area contributed by atoms with E-state index >= 15 is 4.39 Å². The van der Waals surface area contributed by atoms with Gasteiger partial charge >= 0.3 is 12.2 Å². The van der Waals surface area contributed by atoms with Crippen molar-refractivity contribution in [3.8, 4) is 23.2 Å². The van der Waals surface area contributed by atoms with Crippen LogP contribution in [0, 0.1) is 23.0 Å². The number of nitriles is 1. The summed E-state index contributed by atoms with van der Waals surface area (Å²) < 4.78 is 98.6. The fourth-order valence-corrected chi connectivity index (χ4v) is 8.76. The molecule has 15 heteroatoms. The lowest BCUT2D eigenvalue weighted by Gasteiger charge is -2.39. The summed E-state index contributed by atoms with van der Waals surface area (Å²) in [6.07, 6.45) is -1.73. The van der Waals surface area contributed by atoms with Crippen LogP contribution in [0.2, 0.25) is 0 Å². The lowest BCUT2D eigenvalue weighted by atomic mass is 9.92. The van der Waals surface area contributed by atoms with Gasteiger partial charge in [-0.05, 0) is 63.8 Å². The Morgan fingerprint density at radius 1 is 1.17 bits per heavy atom. The lowest BCUT2D eigenvalue weighted by molar-refractivity contribution is -0.137. The van der Waals surface area contributed by atoms with E-state index in [0.29, 0.717) is 36.9 Å². The first-order valence-electron chi connectivity index (χ1n) is 15.6. The molecule has 254 valence electrons. The van der Waals surface area contributed by atoms with Gasteiger partial charge in [0.2, 0.25) is 0 Å². The minimum absolute atomic E-state index is 0.0891. The number of anilines is 2. The van der Waals surface area contributed by atoms with E-state index in [-0.39, 0.29) is 55.6 Å². The molecule has 0 amide bonds. The summed E-state index contributed by atoms with van der Waals surface area (Å²) in [5, 5.41) is 9.20. The van der Waals surface area contributed by atoms with Gasteiger partial charge < -0.3 is 20.1 Å². The van der Waals surface area contributed by atoms with Crippen LogP contribution in [0.5, 0.6) is 6.01 Å². The van der Waals surface area contributed by atoms with Crippen LogP contribution in [0.1, 0.15) is 50.7 Å². The highest BCUT2D eigenvalue weighted by Crippen LogP contribution is 2.49. The third kappa shape index (κ3) is 5.28. The first-order chi connectivity index (χ1) is 22.7. The second-order valence-electron chi connectivity index (χ2n) is 13.2. The molecule has 0 spiro atoms. The second kappa shape index (κ2) is 11.6. The number of morpholine rings is 1. The maximum absolute atomic E-state index is 16.4. The highest BCUT2D eigenvalue weighted by molar-refractivity contribution is 7.23. The molecule has 8 rings (SSSR count). The maximum atomic E-state index is 16.4. The van der Waals surface area contributed by atoms with Crippen molar-refractivity contribution in [1.82, 2.24) is 14.9 Å². The molecule has 6 heterocycles. The molecule has 2 aromatic heterocycles. The van der Waals surface area contributed by atoms with Crippen LogP contribution in [-0.4, -0.2) is 71.6 Å². The van der Waals surface area contributed by atoms with E-state index < -0.39 is 46.2 Å². The number of benzene rings is 2. The summed E-state index contributed by atoms with van der Waals surface area (Å²) in [6, 6.07) is 4.72. The first kappa shape index (κ1) is 32.7. The van der Waals surface area contributed by atoms with Gasteiger partial charge in [-0.1, -0.05) is 6.07 Å². The molecule has 48 heavy (non-hydrogen) atoms. The minimum Gasteiger partial charge on any atom is -0.467 e. The number of methoxy groups -OCH3 is 1. The Hall–Kier alpha value is -3.87. The van der Waals surface area contributed by atoms with Crippen molar-refractivity contribution in [3.05, 3.63) is 41.0 Å². The van der Waals surface area contributed by atoms with E-state index in [9.17, 15) is 27.2 Å². The van der Waals surface area contributed by atoms with Crippen LogP contribution >= 0.6 is 11.3 Å². The molecule has 4 atom stereocenters. The van der Waals surface area contributed by atoms with Gasteiger partial charge in [0.05, 0.1) is 40.7 Å². The van der Waals surface area contributed by atoms with Crippen LogP contribution in [0.4, 0.5) is 37.2 Å². The average Bonchev–Trinajstić information content (AvgIpc) is 3.83. The standard InChI is InChI=1S/C26H20F5N5O2S.C7H12FN/c1-25(2)16-6-10(38-25)9-36(16)23-12-7-14(26(29,30)31)18(19(28)20(12)34-24(35-23)37-3)11-4-5-15(27)21-17(11)13(8-32)22(33)39-21;8-6-4-7-2-1-3-9(7)5-6/h4-5,7,10,16H,6,9,33H2,1-3H3;6-7H,1-5H2. The number of rotatable bonds is 3. The van der Waals surface area contributed by atoms with E-state index in [4.69, 9.17) is 15.2 Å². The minimum atomic E-state index is -5.02. The fraction of sp³-hybridized carbons (Fsp3) is 0.485. The molecule has 2 bridgehead atoms. The fourth-order valence-electron chi connectivity index (χ4n) is 7.81. The van der Waals surface area contributed by atoms with Crippen molar-refractivity contribution in [3.63, 3.8) is 0 Å². The zero-order valence-corrected chi connectivity index (χ0v) is 27.1. The monoisotopic (exact) mass is 690 g/mol. The summed E-state index contributed by atoms with van der Waals surface area (Å²) in [5.41, 5.74) is 2.13. The summed E-state index contributed by atoms with van der Waals surface area (Å²) in [5.74, 6) is -2.00. The Balaban J connectivity index is 0.000000347. The maximum Gasteiger partial charge on any atom is 0.417 e. The third-order valence-corrected chi connectivity index (χ3v) is 10.9. The molecule has 4 aliphatic rings. The lowest BCUT2D eigenvalue weighted by Crippen LogP contribution is -2.50. The second-order valence-corrected chi connectivity index (χ2v) is 14.2. The summed E-state index contributed by atoms with van der Waals surface area (Å²) in [7, 11) is 1.27. The van der Waals surface area contributed by atoms with Crippen LogP contribution in [-0.2, 0) is 10.9 Å². The summed E-state index contributed by atoms with van der Waals surface area (Å²) in [4.78, 5) is 12.5. The molecule has 4 aromatic rings. The van der Waals surface area contributed by atoms with Crippen LogP contribution < -0.4 is 15.4 Å². The van der Waals surface area contributed by atoms with E-state index in [2.05, 4.69) is 14.9 Å². The molecule has 2 aromatic carbocycles. The molecule has 4 saturated heterocycles. The largest absolute Gasteiger partial charge is 0.467 e. The van der Waals surface area contributed by atoms with Gasteiger partial charge in [0.15, 0.2) is 5.82 Å². The van der Waals surface area contributed by atoms with E-state index in [1.54, 1.807) is 0 Å². The molecule has 0 aliphatic carbocycles. The van der Waals surface area contributed by atoms with Crippen LogP contribution in [0.25, 0.3) is 32.1 Å². The Morgan fingerprint density at radius 3 is 2.58 bits per heavy atom. The van der Waals surface area contributed by atoms with Gasteiger partial charge in [0.1, 0.15) is 34.4 Å². The number of fused-ring (bicyclic) bond motifs is 5. The highest BCUT2D eigenvalue weighted by atomic mass is 32.1. The SMILES string of the molecule is COc1nc(N2CC3CC2C(C)(C)O3)c2cc(C(F)(F)F)c(-c3ccc(F)c4sc(N)c(C#N)c34)c(F)c2n1.FC1CC2CCCN2C1. The molecule has 8 nitrogen and oxygen atoms in total. The Bertz CT molecular complexity index is 1960. The van der Waals surface area contributed by atoms with E-state index in [1.807, 2.05) is 24.8 Å². The Morgan fingerprint density at radius 2 is 1.94 bits per heavy atom. The molecule has 4 aliphatic heterocycles. The number of thiophene rings is 1. The van der Waals surface area contributed by atoms with Crippen LogP contribution in [0.15, 0.2) is 18.2 Å². The summed E-state index contributed by atoms with van der Waals surface area (Å²) >= 11 is 0.706. The number of aromatic nitrogens is 2. The van der Waals surface area contributed by atoms with Crippen molar-refractivity contribution in [2.24, 2.45) is 0 Å². The van der Waals surface area contributed by atoms with Gasteiger partial charge in [0.25, 0.3) is 0 Å². The normalized spacial score (nSPS) is 24.6. The predicted molar refractivity (Wildman–Crippen MR) is 170 cm³/mol. The number of nitrogen functional groups attached to an aromatic ring is 1. The van der Waals surface area contributed by atoms with Gasteiger partial charge in [-0.3, -0.25) is 4.90 Å². The topological polar surface area (TPSA) is 101 Å². The number of hydrogen-bond acceptors (Lipinski definition) is 9. The van der Waals surface area contributed by atoms with E-state index in [0.717, 1.165) is 31.2 Å². The third-order valence-electron chi connectivity index (χ3n) is 9.84. The number of ether oxygens (including phenoxy) is 2. The predicted octanol–water partition coefficient (Wildman–Crippen LogP) is 7.22. The molecule has 0 radical (unpaired) electrons. The zero-order chi connectivity index (χ0) is 34.3. The smallest absolute Gasteiger partial charge is 0.417 e. The van der Waals surface area contributed by atoms with Crippen molar-refractivity contribution < 1.29 is 35.8 Å². The number of nitrogens with two attached hydrogens (primary N) is 1. The quantitative estimate of drug-likeness (QED) is 0.225. The zero-order valence-electron chi connectivity index (χ0n) is 26.3. The van der Waals surface area contributed by atoms with Crippen molar-refractivity contribution in [2.75, 3.05) is 37.4 Å². The highest BCUT2D eigenvalue weighted by Gasteiger charge is 2.52.